The first-order chi connectivity index (χ1) is 16.9. The summed E-state index contributed by atoms with van der Waals surface area (Å²) in [5.41, 5.74) is 2.16. The zero-order chi connectivity index (χ0) is 26.1. The van der Waals surface area contributed by atoms with Crippen molar-refractivity contribution in [3.63, 3.8) is 0 Å². The summed E-state index contributed by atoms with van der Waals surface area (Å²) in [6.45, 7) is 1.32. The highest BCUT2D eigenvalue weighted by Crippen LogP contribution is 2.35. The van der Waals surface area contributed by atoms with E-state index in [4.69, 9.17) is 8.92 Å². The number of nitrogens with one attached hydrogen (secondary N) is 1. The Labute approximate surface area is 208 Å². The van der Waals surface area contributed by atoms with Crippen molar-refractivity contribution in [2.75, 3.05) is 17.1 Å². The Morgan fingerprint density at radius 2 is 1.75 bits per heavy atom. The number of rotatable bonds is 7. The van der Waals surface area contributed by atoms with Gasteiger partial charge >= 0.3 is 26.3 Å². The standard InChI is InChI=1S/C24H22N2O8S2/c1-16-8-10-19(21(12-16)34-35(2,29)30)13-17-9-11-20(26-15-23(27)25-36(26,31)32)22(14-17)33-24(28)18-6-4-3-5-7-18/h3-12,14H,13,15H2,1-2H3,(H,25,27). The minimum atomic E-state index is -4.16. The molecule has 0 atom stereocenters. The van der Waals surface area contributed by atoms with Gasteiger partial charge in [-0.05, 0) is 48.4 Å². The fraction of sp³-hybridized carbons (Fsp3) is 0.167. The highest BCUT2D eigenvalue weighted by atomic mass is 32.2. The number of amides is 1. The van der Waals surface area contributed by atoms with Gasteiger partial charge in [0.05, 0.1) is 17.5 Å². The van der Waals surface area contributed by atoms with Crippen LogP contribution in [0.3, 0.4) is 0 Å². The fourth-order valence-electron chi connectivity index (χ4n) is 3.62. The van der Waals surface area contributed by atoms with Gasteiger partial charge in [-0.3, -0.25) is 4.79 Å². The van der Waals surface area contributed by atoms with Crippen LogP contribution in [0.15, 0.2) is 66.7 Å². The third-order valence-electron chi connectivity index (χ3n) is 5.18. The Hall–Kier alpha value is -3.90. The van der Waals surface area contributed by atoms with Gasteiger partial charge in [0.25, 0.3) is 5.91 Å². The van der Waals surface area contributed by atoms with Gasteiger partial charge in [0.15, 0.2) is 5.75 Å². The number of anilines is 1. The summed E-state index contributed by atoms with van der Waals surface area (Å²) in [6, 6.07) is 17.7. The van der Waals surface area contributed by atoms with Gasteiger partial charge in [0, 0.05) is 12.0 Å². The second-order valence-electron chi connectivity index (χ2n) is 8.17. The molecule has 0 bridgehead atoms. The van der Waals surface area contributed by atoms with Gasteiger partial charge < -0.3 is 8.92 Å². The molecule has 1 fully saturated rings. The molecule has 0 unspecified atom stereocenters. The molecule has 4 rings (SSSR count). The van der Waals surface area contributed by atoms with Crippen LogP contribution in [0.5, 0.6) is 11.5 Å². The van der Waals surface area contributed by atoms with Crippen molar-refractivity contribution in [2.24, 2.45) is 0 Å². The van der Waals surface area contributed by atoms with Crippen LogP contribution < -0.4 is 17.9 Å². The first kappa shape index (κ1) is 25.2. The molecule has 1 heterocycles. The molecule has 1 aliphatic rings. The van der Waals surface area contributed by atoms with Crippen LogP contribution in [0.2, 0.25) is 0 Å². The SMILES string of the molecule is Cc1ccc(Cc2ccc(N3CC(=O)NS3(=O)=O)c(OC(=O)c3ccccc3)c2)c(OS(C)(=O)=O)c1. The summed E-state index contributed by atoms with van der Waals surface area (Å²) in [4.78, 5) is 24.5. The lowest BCUT2D eigenvalue weighted by atomic mass is 10.0. The van der Waals surface area contributed by atoms with Crippen molar-refractivity contribution in [1.29, 1.82) is 0 Å². The van der Waals surface area contributed by atoms with E-state index in [9.17, 15) is 26.4 Å². The molecule has 10 nitrogen and oxygen atoms in total. The van der Waals surface area contributed by atoms with E-state index in [2.05, 4.69) is 0 Å². The van der Waals surface area contributed by atoms with Gasteiger partial charge in [-0.25, -0.2) is 13.8 Å². The molecule has 36 heavy (non-hydrogen) atoms. The van der Waals surface area contributed by atoms with Crippen molar-refractivity contribution in [3.8, 4) is 11.5 Å². The Balaban J connectivity index is 1.74. The van der Waals surface area contributed by atoms with Crippen LogP contribution in [0.4, 0.5) is 5.69 Å². The fourth-order valence-corrected chi connectivity index (χ4v) is 5.26. The maximum absolute atomic E-state index is 12.8. The molecule has 188 valence electrons. The predicted molar refractivity (Wildman–Crippen MR) is 132 cm³/mol. The molecule has 1 aliphatic heterocycles. The quantitative estimate of drug-likeness (QED) is 0.279. The van der Waals surface area contributed by atoms with Crippen LogP contribution in [0.25, 0.3) is 0 Å². The van der Waals surface area contributed by atoms with Crippen molar-refractivity contribution >= 4 is 37.9 Å². The van der Waals surface area contributed by atoms with E-state index in [0.717, 1.165) is 16.1 Å². The maximum atomic E-state index is 12.8. The third-order valence-corrected chi connectivity index (χ3v) is 7.06. The average molecular weight is 531 g/mol. The van der Waals surface area contributed by atoms with E-state index in [0.29, 0.717) is 11.1 Å². The molecule has 1 saturated heterocycles. The average Bonchev–Trinajstić information content (AvgIpc) is 3.07. The van der Waals surface area contributed by atoms with Crippen LogP contribution in [-0.4, -0.2) is 41.5 Å². The van der Waals surface area contributed by atoms with Crippen molar-refractivity contribution < 1.29 is 35.3 Å². The number of nitrogens with zero attached hydrogens (tertiary/aromatic N) is 1. The second-order valence-corrected chi connectivity index (χ2v) is 11.3. The number of aryl methyl sites for hydroxylation is 1. The number of hydrogen-bond donors (Lipinski definition) is 1. The molecule has 3 aromatic carbocycles. The Morgan fingerprint density at radius 3 is 2.39 bits per heavy atom. The monoisotopic (exact) mass is 530 g/mol. The summed E-state index contributed by atoms with van der Waals surface area (Å²) in [5.74, 6) is -1.37. The van der Waals surface area contributed by atoms with E-state index in [1.807, 2.05) is 4.72 Å². The zero-order valence-corrected chi connectivity index (χ0v) is 20.9. The molecule has 0 spiro atoms. The van der Waals surface area contributed by atoms with Crippen LogP contribution in [-0.2, 0) is 31.5 Å². The summed E-state index contributed by atoms with van der Waals surface area (Å²) in [6.07, 6.45) is 1.13. The highest BCUT2D eigenvalue weighted by Gasteiger charge is 2.36. The van der Waals surface area contributed by atoms with Gasteiger partial charge in [-0.1, -0.05) is 36.4 Å². The van der Waals surface area contributed by atoms with Gasteiger partial charge in [-0.15, -0.1) is 0 Å². The smallest absolute Gasteiger partial charge is 0.343 e. The van der Waals surface area contributed by atoms with Crippen molar-refractivity contribution in [2.45, 2.75) is 13.3 Å². The van der Waals surface area contributed by atoms with Crippen molar-refractivity contribution in [1.82, 2.24) is 4.72 Å². The minimum Gasteiger partial charge on any atom is -0.421 e. The number of carbonyl (C=O) groups is 2. The lowest BCUT2D eigenvalue weighted by Crippen LogP contribution is -2.30. The Kier molecular flexibility index (Phi) is 6.74. The van der Waals surface area contributed by atoms with Gasteiger partial charge in [0.2, 0.25) is 0 Å². The molecule has 0 aromatic heterocycles. The van der Waals surface area contributed by atoms with E-state index in [1.54, 1.807) is 61.5 Å². The number of hydrogen-bond acceptors (Lipinski definition) is 8. The van der Waals surface area contributed by atoms with E-state index >= 15 is 0 Å². The van der Waals surface area contributed by atoms with E-state index < -0.39 is 38.7 Å². The van der Waals surface area contributed by atoms with Gasteiger partial charge in [-0.2, -0.15) is 16.8 Å². The number of esters is 1. The molecule has 0 saturated carbocycles. The first-order valence-corrected chi connectivity index (χ1v) is 13.9. The lowest BCUT2D eigenvalue weighted by Gasteiger charge is -2.19. The zero-order valence-electron chi connectivity index (χ0n) is 19.3. The minimum absolute atomic E-state index is 0.00195. The van der Waals surface area contributed by atoms with Crippen LogP contribution in [0.1, 0.15) is 27.0 Å². The molecule has 0 radical (unpaired) electrons. The molecule has 1 N–H and O–H groups in total. The number of benzene rings is 3. The molecule has 0 aliphatic carbocycles. The maximum Gasteiger partial charge on any atom is 0.343 e. The predicted octanol–water partition coefficient (Wildman–Crippen LogP) is 2.32. The Bertz CT molecular complexity index is 1550. The largest absolute Gasteiger partial charge is 0.421 e. The van der Waals surface area contributed by atoms with Crippen molar-refractivity contribution in [3.05, 3.63) is 89.0 Å². The molecular formula is C24H22N2O8S2. The van der Waals surface area contributed by atoms with E-state index in [-0.39, 0.29) is 29.2 Å². The molecular weight excluding hydrogens is 508 g/mol. The summed E-state index contributed by atoms with van der Waals surface area (Å²) in [7, 11) is -7.94. The van der Waals surface area contributed by atoms with Gasteiger partial charge in [0.1, 0.15) is 12.3 Å². The Morgan fingerprint density at radius 1 is 1.03 bits per heavy atom. The third kappa shape index (κ3) is 5.83. The van der Waals surface area contributed by atoms with Crippen LogP contribution in [0, 0.1) is 6.92 Å². The molecule has 1 amide bonds. The topological polar surface area (TPSA) is 136 Å². The van der Waals surface area contributed by atoms with Crippen LogP contribution >= 0.6 is 0 Å². The summed E-state index contributed by atoms with van der Waals surface area (Å²) >= 11 is 0. The molecule has 12 heteroatoms. The lowest BCUT2D eigenvalue weighted by molar-refractivity contribution is -0.117. The number of ether oxygens (including phenoxy) is 1. The highest BCUT2D eigenvalue weighted by molar-refractivity contribution is 7.92. The van der Waals surface area contributed by atoms with E-state index in [1.165, 1.54) is 12.1 Å². The summed E-state index contributed by atoms with van der Waals surface area (Å²) in [5, 5.41) is 0. The molecule has 3 aromatic rings. The second kappa shape index (κ2) is 9.63. The summed E-state index contributed by atoms with van der Waals surface area (Å²) < 4.78 is 61.8. The number of carbonyl (C=O) groups excluding carboxylic acids is 2. The normalized spacial score (nSPS) is 14.8. The first-order valence-electron chi connectivity index (χ1n) is 10.6.